The number of rotatable bonds is 6. The molecule has 1 aliphatic rings. The van der Waals surface area contributed by atoms with Crippen LogP contribution in [0.5, 0.6) is 0 Å². The van der Waals surface area contributed by atoms with E-state index in [0.29, 0.717) is 23.6 Å². The highest BCUT2D eigenvalue weighted by Gasteiger charge is 2.34. The van der Waals surface area contributed by atoms with Crippen LogP contribution in [0.4, 0.5) is 0 Å². The molecule has 1 saturated heterocycles. The molecule has 1 aromatic heterocycles. The molecule has 0 bridgehead atoms. The number of nitrogens with zero attached hydrogens (tertiary/aromatic N) is 1. The molecule has 5 nitrogen and oxygen atoms in total. The van der Waals surface area contributed by atoms with E-state index in [2.05, 4.69) is 44.3 Å². The van der Waals surface area contributed by atoms with Crippen molar-refractivity contribution in [2.45, 2.75) is 50.3 Å². The fourth-order valence-corrected chi connectivity index (χ4v) is 6.27. The monoisotopic (exact) mass is 420 g/mol. The molecule has 1 amide bonds. The summed E-state index contributed by atoms with van der Waals surface area (Å²) < 4.78 is 27.4. The molecule has 2 aromatic rings. The quantitative estimate of drug-likeness (QED) is 0.767. The molecule has 3 rings (SSSR count). The summed E-state index contributed by atoms with van der Waals surface area (Å²) in [7, 11) is -3.51. The van der Waals surface area contributed by atoms with Crippen molar-refractivity contribution in [3.8, 4) is 0 Å². The van der Waals surface area contributed by atoms with Crippen LogP contribution in [0.3, 0.4) is 0 Å². The van der Waals surface area contributed by atoms with Gasteiger partial charge in [-0.25, -0.2) is 8.42 Å². The Morgan fingerprint density at radius 3 is 2.71 bits per heavy atom. The van der Waals surface area contributed by atoms with Crippen molar-refractivity contribution in [3.05, 3.63) is 52.4 Å². The van der Waals surface area contributed by atoms with Gasteiger partial charge in [0.25, 0.3) is 10.0 Å². The highest BCUT2D eigenvalue weighted by atomic mass is 32.2. The van der Waals surface area contributed by atoms with Crippen molar-refractivity contribution in [2.24, 2.45) is 5.92 Å². The summed E-state index contributed by atoms with van der Waals surface area (Å²) >= 11 is 1.22. The minimum Gasteiger partial charge on any atom is -0.349 e. The molecular formula is C21H28N2O3S2. The SMILES string of the molecule is CC[C@@H](NC(=O)[C@H]1CCCN(S(=O)(=O)c2cccs2)C1)c1ccc(C)c(C)c1. The van der Waals surface area contributed by atoms with Crippen LogP contribution in [-0.4, -0.2) is 31.7 Å². The molecule has 0 saturated carbocycles. The Balaban J connectivity index is 1.70. The average molecular weight is 421 g/mol. The number of aryl methyl sites for hydroxylation is 2. The van der Waals surface area contributed by atoms with Crippen LogP contribution in [0.25, 0.3) is 0 Å². The van der Waals surface area contributed by atoms with Crippen molar-refractivity contribution < 1.29 is 13.2 Å². The average Bonchev–Trinajstić information content (AvgIpc) is 3.24. The lowest BCUT2D eigenvalue weighted by Gasteiger charge is -2.32. The smallest absolute Gasteiger partial charge is 0.252 e. The van der Waals surface area contributed by atoms with Gasteiger partial charge < -0.3 is 5.32 Å². The number of hydrogen-bond acceptors (Lipinski definition) is 4. The standard InChI is InChI=1S/C21H28N2O3S2/c1-4-19(17-10-9-15(2)16(3)13-17)22-21(24)18-7-5-11-23(14-18)28(25,26)20-8-6-12-27-20/h6,8-10,12-13,18-19H,4-5,7,11,14H2,1-3H3,(H,22,24)/t18-,19+/m0/s1. The molecule has 0 radical (unpaired) electrons. The summed E-state index contributed by atoms with van der Waals surface area (Å²) in [5.41, 5.74) is 3.53. The number of sulfonamides is 1. The normalized spacial score (nSPS) is 19.3. The number of carbonyl (C=O) groups excluding carboxylic acids is 1. The summed E-state index contributed by atoms with van der Waals surface area (Å²) in [6.45, 7) is 6.91. The van der Waals surface area contributed by atoms with Gasteiger partial charge in [-0.05, 0) is 61.2 Å². The van der Waals surface area contributed by atoms with E-state index in [4.69, 9.17) is 0 Å². The first kappa shape index (κ1) is 21.0. The zero-order valence-electron chi connectivity index (χ0n) is 16.6. The Kier molecular flexibility index (Phi) is 6.58. The van der Waals surface area contributed by atoms with Crippen LogP contribution < -0.4 is 5.32 Å². The molecule has 28 heavy (non-hydrogen) atoms. The molecule has 152 valence electrons. The van der Waals surface area contributed by atoms with Gasteiger partial charge in [-0.15, -0.1) is 11.3 Å². The second-order valence-electron chi connectivity index (χ2n) is 7.45. The molecule has 1 fully saturated rings. The second-order valence-corrected chi connectivity index (χ2v) is 10.6. The summed E-state index contributed by atoms with van der Waals surface area (Å²) in [4.78, 5) is 12.9. The van der Waals surface area contributed by atoms with Gasteiger partial charge in [0.2, 0.25) is 5.91 Å². The van der Waals surface area contributed by atoms with Crippen molar-refractivity contribution in [1.29, 1.82) is 0 Å². The summed E-state index contributed by atoms with van der Waals surface area (Å²) in [5.74, 6) is -0.375. The van der Waals surface area contributed by atoms with Gasteiger partial charge in [0, 0.05) is 13.1 Å². The number of piperidine rings is 1. The van der Waals surface area contributed by atoms with Crippen LogP contribution in [0.15, 0.2) is 39.9 Å². The van der Waals surface area contributed by atoms with E-state index in [1.165, 1.54) is 26.8 Å². The largest absolute Gasteiger partial charge is 0.349 e. The van der Waals surface area contributed by atoms with Crippen molar-refractivity contribution >= 4 is 27.3 Å². The molecule has 7 heteroatoms. The minimum absolute atomic E-state index is 0.0591. The second kappa shape index (κ2) is 8.76. The van der Waals surface area contributed by atoms with Crippen molar-refractivity contribution in [2.75, 3.05) is 13.1 Å². The van der Waals surface area contributed by atoms with Crippen molar-refractivity contribution in [3.63, 3.8) is 0 Å². The topological polar surface area (TPSA) is 66.5 Å². The van der Waals surface area contributed by atoms with Gasteiger partial charge in [-0.2, -0.15) is 4.31 Å². The molecular weight excluding hydrogens is 392 g/mol. The van der Waals surface area contributed by atoms with Gasteiger partial charge in [0.1, 0.15) is 4.21 Å². The molecule has 2 heterocycles. The predicted octanol–water partition coefficient (Wildman–Crippen LogP) is 4.03. The van der Waals surface area contributed by atoms with E-state index in [1.807, 2.05) is 0 Å². The lowest BCUT2D eigenvalue weighted by atomic mass is 9.96. The number of nitrogens with one attached hydrogen (secondary N) is 1. The van der Waals surface area contributed by atoms with Gasteiger partial charge in [0.15, 0.2) is 0 Å². The fourth-order valence-electron chi connectivity index (χ4n) is 3.60. The van der Waals surface area contributed by atoms with E-state index in [9.17, 15) is 13.2 Å². The summed E-state index contributed by atoms with van der Waals surface area (Å²) in [6, 6.07) is 9.56. The molecule has 1 aliphatic heterocycles. The first-order valence-electron chi connectivity index (χ1n) is 9.74. The van der Waals surface area contributed by atoms with Gasteiger partial charge in [-0.1, -0.05) is 31.2 Å². The summed E-state index contributed by atoms with van der Waals surface area (Å²) in [5, 5.41) is 4.91. The third-order valence-corrected chi connectivity index (χ3v) is 8.74. The maximum atomic E-state index is 12.9. The third kappa shape index (κ3) is 4.47. The number of amides is 1. The van der Waals surface area contributed by atoms with E-state index < -0.39 is 10.0 Å². The molecule has 0 aliphatic carbocycles. The summed E-state index contributed by atoms with van der Waals surface area (Å²) in [6.07, 6.45) is 2.20. The Hall–Kier alpha value is -1.70. The zero-order chi connectivity index (χ0) is 20.3. The molecule has 1 aromatic carbocycles. The van der Waals surface area contributed by atoms with Gasteiger partial charge in [-0.3, -0.25) is 4.79 Å². The number of thiophene rings is 1. The minimum atomic E-state index is -3.51. The molecule has 0 unspecified atom stereocenters. The van der Waals surface area contributed by atoms with E-state index in [1.54, 1.807) is 17.5 Å². The van der Waals surface area contributed by atoms with Crippen LogP contribution in [-0.2, 0) is 14.8 Å². The maximum absolute atomic E-state index is 12.9. The maximum Gasteiger partial charge on any atom is 0.252 e. The number of benzene rings is 1. The number of carbonyl (C=O) groups is 1. The third-order valence-electron chi connectivity index (χ3n) is 5.50. The fraction of sp³-hybridized carbons (Fsp3) is 0.476. The highest BCUT2D eigenvalue weighted by molar-refractivity contribution is 7.91. The van der Waals surface area contributed by atoms with Gasteiger partial charge >= 0.3 is 0 Å². The lowest BCUT2D eigenvalue weighted by Crippen LogP contribution is -2.45. The van der Waals surface area contributed by atoms with E-state index in [0.717, 1.165) is 12.0 Å². The van der Waals surface area contributed by atoms with Crippen LogP contribution in [0, 0.1) is 19.8 Å². The number of hydrogen-bond donors (Lipinski definition) is 1. The molecule has 2 atom stereocenters. The van der Waals surface area contributed by atoms with Crippen LogP contribution in [0.2, 0.25) is 0 Å². The molecule has 1 N–H and O–H groups in total. The van der Waals surface area contributed by atoms with Crippen LogP contribution >= 0.6 is 11.3 Å². The first-order valence-corrected chi connectivity index (χ1v) is 12.1. The van der Waals surface area contributed by atoms with Crippen molar-refractivity contribution in [1.82, 2.24) is 9.62 Å². The predicted molar refractivity (Wildman–Crippen MR) is 113 cm³/mol. The lowest BCUT2D eigenvalue weighted by molar-refractivity contribution is -0.126. The Morgan fingerprint density at radius 2 is 2.07 bits per heavy atom. The van der Waals surface area contributed by atoms with E-state index >= 15 is 0 Å². The van der Waals surface area contributed by atoms with Crippen LogP contribution in [0.1, 0.15) is 48.9 Å². The Morgan fingerprint density at radius 1 is 1.29 bits per heavy atom. The first-order chi connectivity index (χ1) is 13.3. The Labute approximate surface area is 171 Å². The van der Waals surface area contributed by atoms with Gasteiger partial charge in [0.05, 0.1) is 12.0 Å². The molecule has 0 spiro atoms. The Bertz CT molecular complexity index is 923. The highest BCUT2D eigenvalue weighted by Crippen LogP contribution is 2.27. The van der Waals surface area contributed by atoms with E-state index in [-0.39, 0.29) is 24.4 Å². The zero-order valence-corrected chi connectivity index (χ0v) is 18.3.